The van der Waals surface area contributed by atoms with E-state index in [1.807, 2.05) is 54.6 Å². The number of anilines is 2. The second kappa shape index (κ2) is 5.43. The lowest BCUT2D eigenvalue weighted by molar-refractivity contribution is 1.35. The number of hydrogen-bond acceptors (Lipinski definition) is 3. The molecule has 0 bridgehead atoms. The molecule has 0 atom stereocenters. The van der Waals surface area contributed by atoms with Crippen molar-refractivity contribution >= 4 is 33.2 Å². The number of benzene rings is 3. The third kappa shape index (κ3) is 2.37. The summed E-state index contributed by atoms with van der Waals surface area (Å²) in [5, 5.41) is 16.0. The number of nitrogens with zero attached hydrogens (tertiary/aromatic N) is 2. The first-order valence-electron chi connectivity index (χ1n) is 7.40. The van der Waals surface area contributed by atoms with E-state index in [1.54, 1.807) is 0 Å². The third-order valence-electron chi connectivity index (χ3n) is 3.89. The summed E-state index contributed by atoms with van der Waals surface area (Å²) in [6.07, 6.45) is 0. The summed E-state index contributed by atoms with van der Waals surface area (Å²) in [5.74, 6) is 0.586. The van der Waals surface area contributed by atoms with Gasteiger partial charge in [0.25, 0.3) is 0 Å². The molecule has 4 rings (SSSR count). The molecule has 0 fully saturated rings. The van der Waals surface area contributed by atoms with Crippen molar-refractivity contribution in [2.24, 2.45) is 0 Å². The molecule has 0 saturated carbocycles. The van der Waals surface area contributed by atoms with Crippen LogP contribution in [0.5, 0.6) is 0 Å². The molecule has 0 spiro atoms. The molecule has 3 aromatic carbocycles. The Kier molecular flexibility index (Phi) is 3.14. The summed E-state index contributed by atoms with van der Waals surface area (Å²) in [6.45, 7) is 0. The molecule has 0 amide bonds. The van der Waals surface area contributed by atoms with Gasteiger partial charge in [-0.1, -0.05) is 54.6 Å². The van der Waals surface area contributed by atoms with Crippen LogP contribution in [0, 0.1) is 11.3 Å². The van der Waals surface area contributed by atoms with E-state index in [-0.39, 0.29) is 0 Å². The Hall–Kier alpha value is -3.38. The van der Waals surface area contributed by atoms with Crippen LogP contribution >= 0.6 is 0 Å². The van der Waals surface area contributed by atoms with Gasteiger partial charge in [0, 0.05) is 16.5 Å². The Balaban J connectivity index is 1.87. The monoisotopic (exact) mass is 295 g/mol. The molecule has 3 heteroatoms. The molecule has 0 radical (unpaired) electrons. The first-order valence-corrected chi connectivity index (χ1v) is 7.40. The predicted molar refractivity (Wildman–Crippen MR) is 93.7 cm³/mol. The van der Waals surface area contributed by atoms with Gasteiger partial charge in [-0.05, 0) is 23.6 Å². The van der Waals surface area contributed by atoms with Crippen LogP contribution in [0.4, 0.5) is 11.5 Å². The molecule has 1 heterocycles. The Morgan fingerprint density at radius 1 is 0.826 bits per heavy atom. The van der Waals surface area contributed by atoms with E-state index in [9.17, 15) is 5.26 Å². The molecule has 0 aliphatic carbocycles. The number of para-hydroxylation sites is 1. The van der Waals surface area contributed by atoms with Crippen LogP contribution in [0.15, 0.2) is 72.8 Å². The van der Waals surface area contributed by atoms with Crippen LogP contribution in [0.3, 0.4) is 0 Å². The van der Waals surface area contributed by atoms with Crippen molar-refractivity contribution in [3.05, 3.63) is 78.4 Å². The van der Waals surface area contributed by atoms with Crippen molar-refractivity contribution in [2.45, 2.75) is 0 Å². The van der Waals surface area contributed by atoms with Gasteiger partial charge in [-0.3, -0.25) is 0 Å². The first kappa shape index (κ1) is 13.3. The van der Waals surface area contributed by atoms with Crippen molar-refractivity contribution < 1.29 is 0 Å². The molecule has 108 valence electrons. The van der Waals surface area contributed by atoms with Crippen molar-refractivity contribution in [3.8, 4) is 6.07 Å². The van der Waals surface area contributed by atoms with E-state index < -0.39 is 0 Å². The Morgan fingerprint density at radius 2 is 1.57 bits per heavy atom. The molecular formula is C20H13N3. The minimum Gasteiger partial charge on any atom is -0.339 e. The summed E-state index contributed by atoms with van der Waals surface area (Å²) in [5.41, 5.74) is 2.35. The Labute approximate surface area is 133 Å². The van der Waals surface area contributed by atoms with Gasteiger partial charge in [-0.15, -0.1) is 0 Å². The lowest BCUT2D eigenvalue weighted by Crippen LogP contribution is -1.98. The minimum absolute atomic E-state index is 0.539. The zero-order valence-electron chi connectivity index (χ0n) is 12.3. The molecule has 0 aliphatic rings. The molecule has 3 nitrogen and oxygen atoms in total. The van der Waals surface area contributed by atoms with Gasteiger partial charge in [0.2, 0.25) is 0 Å². The zero-order valence-corrected chi connectivity index (χ0v) is 12.3. The SMILES string of the molecule is N#Cc1cc2ccccc2nc1Nc1cccc2ccccc12. The van der Waals surface area contributed by atoms with Gasteiger partial charge in [0.1, 0.15) is 11.9 Å². The molecule has 1 aromatic heterocycles. The van der Waals surface area contributed by atoms with Gasteiger partial charge in [-0.2, -0.15) is 5.26 Å². The fourth-order valence-electron chi connectivity index (χ4n) is 2.76. The van der Waals surface area contributed by atoms with Crippen molar-refractivity contribution in [1.29, 1.82) is 5.26 Å². The lowest BCUT2D eigenvalue weighted by Gasteiger charge is -2.11. The molecule has 23 heavy (non-hydrogen) atoms. The van der Waals surface area contributed by atoms with Crippen LogP contribution in [0.25, 0.3) is 21.7 Å². The predicted octanol–water partition coefficient (Wildman–Crippen LogP) is 5.00. The van der Waals surface area contributed by atoms with Crippen LogP contribution < -0.4 is 5.32 Å². The average Bonchev–Trinajstić information content (AvgIpc) is 2.61. The lowest BCUT2D eigenvalue weighted by atomic mass is 10.1. The number of nitrogens with one attached hydrogen (secondary N) is 1. The first-order chi connectivity index (χ1) is 11.3. The Bertz CT molecular complexity index is 1060. The van der Waals surface area contributed by atoms with Crippen LogP contribution in [-0.4, -0.2) is 4.98 Å². The maximum atomic E-state index is 9.44. The number of nitriles is 1. The number of hydrogen-bond donors (Lipinski definition) is 1. The number of rotatable bonds is 2. The highest BCUT2D eigenvalue weighted by Crippen LogP contribution is 2.28. The Morgan fingerprint density at radius 3 is 2.43 bits per heavy atom. The number of aromatic nitrogens is 1. The molecule has 1 N–H and O–H groups in total. The fourth-order valence-corrected chi connectivity index (χ4v) is 2.76. The summed E-state index contributed by atoms with van der Waals surface area (Å²) in [4.78, 5) is 4.61. The van der Waals surface area contributed by atoms with Gasteiger partial charge in [-0.25, -0.2) is 4.98 Å². The highest BCUT2D eigenvalue weighted by Gasteiger charge is 2.08. The maximum Gasteiger partial charge on any atom is 0.149 e. The van der Waals surface area contributed by atoms with Gasteiger partial charge < -0.3 is 5.32 Å². The topological polar surface area (TPSA) is 48.7 Å². The summed E-state index contributed by atoms with van der Waals surface area (Å²) >= 11 is 0. The average molecular weight is 295 g/mol. The molecule has 0 aliphatic heterocycles. The van der Waals surface area contributed by atoms with Gasteiger partial charge in [0.05, 0.1) is 11.1 Å². The summed E-state index contributed by atoms with van der Waals surface area (Å²) in [7, 11) is 0. The second-order valence-electron chi connectivity index (χ2n) is 5.34. The molecule has 4 aromatic rings. The van der Waals surface area contributed by atoms with E-state index in [0.29, 0.717) is 11.4 Å². The highest BCUT2D eigenvalue weighted by molar-refractivity contribution is 5.96. The normalized spacial score (nSPS) is 10.6. The molecular weight excluding hydrogens is 282 g/mol. The van der Waals surface area contributed by atoms with E-state index in [4.69, 9.17) is 0 Å². The largest absolute Gasteiger partial charge is 0.339 e. The third-order valence-corrected chi connectivity index (χ3v) is 3.89. The van der Waals surface area contributed by atoms with Crippen molar-refractivity contribution in [2.75, 3.05) is 5.32 Å². The zero-order chi connectivity index (χ0) is 15.6. The molecule has 0 unspecified atom stereocenters. The van der Waals surface area contributed by atoms with E-state index >= 15 is 0 Å². The van der Waals surface area contributed by atoms with Crippen LogP contribution in [0.1, 0.15) is 5.56 Å². The van der Waals surface area contributed by atoms with E-state index in [2.05, 4.69) is 34.6 Å². The second-order valence-corrected chi connectivity index (χ2v) is 5.34. The van der Waals surface area contributed by atoms with Crippen molar-refractivity contribution in [1.82, 2.24) is 4.98 Å². The van der Waals surface area contributed by atoms with E-state index in [1.165, 1.54) is 0 Å². The van der Waals surface area contributed by atoms with E-state index in [0.717, 1.165) is 27.4 Å². The summed E-state index contributed by atoms with van der Waals surface area (Å²) < 4.78 is 0. The highest BCUT2D eigenvalue weighted by atomic mass is 15.0. The quantitative estimate of drug-likeness (QED) is 0.566. The smallest absolute Gasteiger partial charge is 0.149 e. The fraction of sp³-hybridized carbons (Fsp3) is 0. The maximum absolute atomic E-state index is 9.44. The minimum atomic E-state index is 0.539. The summed E-state index contributed by atoms with van der Waals surface area (Å²) in [6, 6.07) is 26.1. The molecule has 0 saturated heterocycles. The number of pyridine rings is 1. The van der Waals surface area contributed by atoms with Crippen LogP contribution in [-0.2, 0) is 0 Å². The van der Waals surface area contributed by atoms with Crippen molar-refractivity contribution in [3.63, 3.8) is 0 Å². The van der Waals surface area contributed by atoms with Gasteiger partial charge >= 0.3 is 0 Å². The number of fused-ring (bicyclic) bond motifs is 2. The van der Waals surface area contributed by atoms with Crippen LogP contribution in [0.2, 0.25) is 0 Å². The standard InChI is InChI=1S/C20H13N3/c21-13-16-12-15-7-2-4-10-18(15)22-20(16)23-19-11-5-8-14-6-1-3-9-17(14)19/h1-12H,(H,22,23). The van der Waals surface area contributed by atoms with Gasteiger partial charge in [0.15, 0.2) is 0 Å².